The van der Waals surface area contributed by atoms with E-state index in [0.717, 1.165) is 12.8 Å². The van der Waals surface area contributed by atoms with Crippen LogP contribution in [-0.2, 0) is 14.3 Å². The van der Waals surface area contributed by atoms with Gasteiger partial charge in [-0.05, 0) is 13.3 Å². The summed E-state index contributed by atoms with van der Waals surface area (Å²) >= 11 is 0. The second-order valence-corrected chi connectivity index (χ2v) is 3.54. The molecule has 0 saturated carbocycles. The first-order valence-electron chi connectivity index (χ1n) is 5.39. The van der Waals surface area contributed by atoms with Crippen LogP contribution < -0.4 is 0 Å². The first kappa shape index (κ1) is 13.4. The quantitative estimate of drug-likeness (QED) is 0.448. The Hall–Kier alpha value is -0.570. The van der Waals surface area contributed by atoms with E-state index in [0.29, 0.717) is 13.0 Å². The van der Waals surface area contributed by atoms with Gasteiger partial charge in [0.25, 0.3) is 0 Å². The van der Waals surface area contributed by atoms with Crippen molar-refractivity contribution in [3.63, 3.8) is 0 Å². The van der Waals surface area contributed by atoms with E-state index in [2.05, 4.69) is 6.92 Å². The fraction of sp³-hybridized carbons (Fsp3) is 0.909. The van der Waals surface area contributed by atoms with Crippen molar-refractivity contribution in [2.45, 2.75) is 52.1 Å². The third kappa shape index (κ3) is 8.05. The number of hydrogen-bond donors (Lipinski definition) is 0. The van der Waals surface area contributed by atoms with Gasteiger partial charge in [-0.2, -0.15) is 0 Å². The van der Waals surface area contributed by atoms with E-state index in [-0.39, 0.29) is 12.1 Å². The van der Waals surface area contributed by atoms with Crippen molar-refractivity contribution in [1.29, 1.82) is 0 Å². The van der Waals surface area contributed by atoms with Gasteiger partial charge in [-0.15, -0.1) is 0 Å². The topological polar surface area (TPSA) is 35.5 Å². The number of rotatable bonds is 8. The zero-order valence-corrected chi connectivity index (χ0v) is 9.54. The lowest BCUT2D eigenvalue weighted by molar-refractivity contribution is -0.147. The maximum absolute atomic E-state index is 11.1. The molecule has 0 aliphatic heterocycles. The normalized spacial score (nSPS) is 12.5. The van der Waals surface area contributed by atoms with Gasteiger partial charge in [0, 0.05) is 13.5 Å². The van der Waals surface area contributed by atoms with E-state index in [1.54, 1.807) is 7.11 Å². The lowest BCUT2D eigenvalue weighted by Gasteiger charge is -2.09. The smallest absolute Gasteiger partial charge is 0.305 e. The van der Waals surface area contributed by atoms with Crippen LogP contribution >= 0.6 is 0 Å². The molecule has 0 aromatic rings. The van der Waals surface area contributed by atoms with E-state index in [1.165, 1.54) is 12.8 Å². The van der Waals surface area contributed by atoms with E-state index in [4.69, 9.17) is 9.47 Å². The van der Waals surface area contributed by atoms with Gasteiger partial charge in [0.1, 0.15) is 6.61 Å². The molecule has 0 heterocycles. The summed E-state index contributed by atoms with van der Waals surface area (Å²) in [5.41, 5.74) is 0. The van der Waals surface area contributed by atoms with Crippen molar-refractivity contribution >= 4 is 5.97 Å². The highest BCUT2D eigenvalue weighted by Crippen LogP contribution is 2.03. The van der Waals surface area contributed by atoms with Gasteiger partial charge in [0.05, 0.1) is 6.10 Å². The molecule has 0 fully saturated rings. The van der Waals surface area contributed by atoms with E-state index < -0.39 is 0 Å². The molecule has 0 aromatic heterocycles. The van der Waals surface area contributed by atoms with Crippen LogP contribution in [0.15, 0.2) is 0 Å². The third-order valence-electron chi connectivity index (χ3n) is 2.12. The SMILES string of the molecule is CCCCCCC(=O)OCC(C)OC. The lowest BCUT2D eigenvalue weighted by Crippen LogP contribution is -2.17. The number of ether oxygens (including phenoxy) is 2. The molecule has 0 aliphatic rings. The Morgan fingerprint density at radius 2 is 2.00 bits per heavy atom. The summed E-state index contributed by atoms with van der Waals surface area (Å²) in [6.07, 6.45) is 4.97. The molecule has 1 atom stereocenters. The molecule has 1 unspecified atom stereocenters. The highest BCUT2D eigenvalue weighted by atomic mass is 16.6. The van der Waals surface area contributed by atoms with Gasteiger partial charge < -0.3 is 9.47 Å². The van der Waals surface area contributed by atoms with Crippen LogP contribution in [0.1, 0.15) is 46.0 Å². The number of carbonyl (C=O) groups excluding carboxylic acids is 1. The molecule has 0 rings (SSSR count). The molecule has 3 heteroatoms. The van der Waals surface area contributed by atoms with Crippen molar-refractivity contribution in [2.75, 3.05) is 13.7 Å². The average molecular weight is 202 g/mol. The second kappa shape index (κ2) is 9.00. The largest absolute Gasteiger partial charge is 0.463 e. The number of hydrogen-bond acceptors (Lipinski definition) is 3. The molecule has 3 nitrogen and oxygen atoms in total. The molecule has 0 saturated heterocycles. The van der Waals surface area contributed by atoms with Crippen molar-refractivity contribution < 1.29 is 14.3 Å². The Balaban J connectivity index is 3.28. The van der Waals surface area contributed by atoms with Crippen LogP contribution in [0, 0.1) is 0 Å². The Morgan fingerprint density at radius 1 is 1.29 bits per heavy atom. The maximum Gasteiger partial charge on any atom is 0.305 e. The molecule has 0 radical (unpaired) electrons. The zero-order chi connectivity index (χ0) is 10.8. The lowest BCUT2D eigenvalue weighted by atomic mass is 10.2. The summed E-state index contributed by atoms with van der Waals surface area (Å²) < 4.78 is 9.98. The van der Waals surface area contributed by atoms with Gasteiger partial charge in [0.2, 0.25) is 0 Å². The van der Waals surface area contributed by atoms with Gasteiger partial charge in [0.15, 0.2) is 0 Å². The van der Waals surface area contributed by atoms with Crippen molar-refractivity contribution in [2.24, 2.45) is 0 Å². The van der Waals surface area contributed by atoms with Crippen LogP contribution in [0.2, 0.25) is 0 Å². The Morgan fingerprint density at radius 3 is 2.57 bits per heavy atom. The molecular formula is C11H22O3. The average Bonchev–Trinajstić information content (AvgIpc) is 2.21. The van der Waals surface area contributed by atoms with Crippen molar-refractivity contribution in [3.05, 3.63) is 0 Å². The first-order chi connectivity index (χ1) is 6.70. The monoisotopic (exact) mass is 202 g/mol. The molecular weight excluding hydrogens is 180 g/mol. The van der Waals surface area contributed by atoms with E-state index in [9.17, 15) is 4.79 Å². The minimum Gasteiger partial charge on any atom is -0.463 e. The fourth-order valence-corrected chi connectivity index (χ4v) is 1.05. The Labute approximate surface area is 86.8 Å². The highest BCUT2D eigenvalue weighted by Gasteiger charge is 2.05. The molecule has 0 spiro atoms. The maximum atomic E-state index is 11.1. The molecule has 14 heavy (non-hydrogen) atoms. The molecule has 84 valence electrons. The summed E-state index contributed by atoms with van der Waals surface area (Å²) in [6, 6.07) is 0. The van der Waals surface area contributed by atoms with Gasteiger partial charge in [-0.1, -0.05) is 26.2 Å². The number of carbonyl (C=O) groups is 1. The second-order valence-electron chi connectivity index (χ2n) is 3.54. The van der Waals surface area contributed by atoms with E-state index in [1.807, 2.05) is 6.92 Å². The predicted molar refractivity (Wildman–Crippen MR) is 56.2 cm³/mol. The summed E-state index contributed by atoms with van der Waals surface area (Å²) in [7, 11) is 1.61. The molecule has 0 bridgehead atoms. The standard InChI is InChI=1S/C11H22O3/c1-4-5-6-7-8-11(12)14-9-10(2)13-3/h10H,4-9H2,1-3H3. The predicted octanol–water partition coefficient (Wildman–Crippen LogP) is 2.53. The number of unbranched alkanes of at least 4 members (excludes halogenated alkanes) is 3. The first-order valence-corrected chi connectivity index (χ1v) is 5.39. The molecule has 0 aromatic carbocycles. The number of esters is 1. The summed E-state index contributed by atoms with van der Waals surface area (Å²) in [5, 5.41) is 0. The zero-order valence-electron chi connectivity index (χ0n) is 9.54. The van der Waals surface area contributed by atoms with Gasteiger partial charge >= 0.3 is 5.97 Å². The number of methoxy groups -OCH3 is 1. The van der Waals surface area contributed by atoms with Crippen molar-refractivity contribution in [3.8, 4) is 0 Å². The Bertz CT molecular complexity index is 145. The molecule has 0 aliphatic carbocycles. The molecule has 0 N–H and O–H groups in total. The van der Waals surface area contributed by atoms with Gasteiger partial charge in [-0.3, -0.25) is 4.79 Å². The van der Waals surface area contributed by atoms with Crippen molar-refractivity contribution in [1.82, 2.24) is 0 Å². The van der Waals surface area contributed by atoms with E-state index >= 15 is 0 Å². The Kier molecular flexibility index (Phi) is 8.64. The van der Waals surface area contributed by atoms with Crippen LogP contribution in [0.4, 0.5) is 0 Å². The molecule has 0 amide bonds. The summed E-state index contributed by atoms with van der Waals surface area (Å²) in [6.45, 7) is 4.39. The van der Waals surface area contributed by atoms with Crippen LogP contribution in [0.5, 0.6) is 0 Å². The summed E-state index contributed by atoms with van der Waals surface area (Å²) in [5.74, 6) is -0.106. The summed E-state index contributed by atoms with van der Waals surface area (Å²) in [4.78, 5) is 11.1. The minimum atomic E-state index is -0.106. The third-order valence-corrected chi connectivity index (χ3v) is 2.12. The highest BCUT2D eigenvalue weighted by molar-refractivity contribution is 5.69. The van der Waals surface area contributed by atoms with Crippen LogP contribution in [0.25, 0.3) is 0 Å². The van der Waals surface area contributed by atoms with Crippen LogP contribution in [0.3, 0.4) is 0 Å². The minimum absolute atomic E-state index is 0.00501. The fourth-order valence-electron chi connectivity index (χ4n) is 1.05. The van der Waals surface area contributed by atoms with Crippen LogP contribution in [-0.4, -0.2) is 25.8 Å². The van der Waals surface area contributed by atoms with Gasteiger partial charge in [-0.25, -0.2) is 0 Å².